The molecule has 0 unspecified atom stereocenters. The van der Waals surface area contributed by atoms with E-state index in [1.54, 1.807) is 6.08 Å². The Hall–Kier alpha value is -3.19. The summed E-state index contributed by atoms with van der Waals surface area (Å²) in [4.78, 5) is 26.4. The molecule has 1 saturated heterocycles. The molecule has 3 N–H and O–H groups in total. The van der Waals surface area contributed by atoms with Crippen LogP contribution in [0.15, 0.2) is 59.5 Å². The SMILES string of the molecule is O=C1NC(=O)C(=Cc2ccc(OCCNc3cc4ccccc4[nH]3)cc2)S1. The fourth-order valence-corrected chi connectivity index (χ4v) is 3.44. The van der Waals surface area contributed by atoms with Crippen LogP contribution in [0.2, 0.25) is 0 Å². The quantitative estimate of drug-likeness (QED) is 0.446. The molecule has 6 nitrogen and oxygen atoms in total. The number of anilines is 1. The number of aromatic nitrogens is 1. The standard InChI is InChI=1S/C20H17N3O3S/c24-19-17(27-20(25)23-19)11-13-5-7-15(8-6-13)26-10-9-21-18-12-14-3-1-2-4-16(14)22-18/h1-8,11-12,21-22H,9-10H2,(H,23,24,25). The molecule has 0 spiro atoms. The van der Waals surface area contributed by atoms with Crippen molar-refractivity contribution in [3.05, 3.63) is 65.1 Å². The number of imide groups is 1. The lowest BCUT2D eigenvalue weighted by atomic mass is 10.2. The summed E-state index contributed by atoms with van der Waals surface area (Å²) in [6, 6.07) is 17.6. The summed E-state index contributed by atoms with van der Waals surface area (Å²) in [5, 5.41) is 6.37. The molecule has 1 fully saturated rings. The molecular formula is C20H17N3O3S. The van der Waals surface area contributed by atoms with Crippen molar-refractivity contribution in [2.45, 2.75) is 0 Å². The number of H-pyrrole nitrogens is 1. The zero-order valence-corrected chi connectivity index (χ0v) is 15.1. The number of rotatable bonds is 6. The number of para-hydroxylation sites is 1. The Bertz CT molecular complexity index is 991. The summed E-state index contributed by atoms with van der Waals surface area (Å²) in [5.74, 6) is 1.35. The smallest absolute Gasteiger partial charge is 0.290 e. The van der Waals surface area contributed by atoms with E-state index in [2.05, 4.69) is 27.8 Å². The van der Waals surface area contributed by atoms with E-state index >= 15 is 0 Å². The van der Waals surface area contributed by atoms with Gasteiger partial charge in [-0.05, 0) is 47.7 Å². The van der Waals surface area contributed by atoms with E-state index in [0.29, 0.717) is 18.1 Å². The van der Waals surface area contributed by atoms with Crippen molar-refractivity contribution in [3.8, 4) is 5.75 Å². The maximum absolute atomic E-state index is 11.5. The van der Waals surface area contributed by atoms with Crippen LogP contribution in [0.1, 0.15) is 5.56 Å². The third-order valence-corrected chi connectivity index (χ3v) is 4.85. The molecule has 1 aliphatic rings. The molecule has 136 valence electrons. The van der Waals surface area contributed by atoms with Crippen LogP contribution in [0.3, 0.4) is 0 Å². The summed E-state index contributed by atoms with van der Waals surface area (Å²) >= 11 is 0.908. The van der Waals surface area contributed by atoms with Crippen LogP contribution in [0.25, 0.3) is 17.0 Å². The molecule has 0 aliphatic carbocycles. The molecule has 27 heavy (non-hydrogen) atoms. The molecule has 7 heteroatoms. The lowest BCUT2D eigenvalue weighted by Gasteiger charge is -2.07. The van der Waals surface area contributed by atoms with Crippen LogP contribution >= 0.6 is 11.8 Å². The van der Waals surface area contributed by atoms with Gasteiger partial charge >= 0.3 is 0 Å². The number of hydrogen-bond acceptors (Lipinski definition) is 5. The van der Waals surface area contributed by atoms with Crippen LogP contribution in [0, 0.1) is 0 Å². The first-order chi connectivity index (χ1) is 13.2. The lowest BCUT2D eigenvalue weighted by Crippen LogP contribution is -2.17. The van der Waals surface area contributed by atoms with Crippen molar-refractivity contribution in [1.29, 1.82) is 0 Å². The van der Waals surface area contributed by atoms with Gasteiger partial charge in [0.2, 0.25) is 0 Å². The van der Waals surface area contributed by atoms with Crippen LogP contribution in [0.5, 0.6) is 5.75 Å². The first kappa shape index (κ1) is 17.2. The minimum Gasteiger partial charge on any atom is -0.492 e. The molecule has 0 radical (unpaired) electrons. The van der Waals surface area contributed by atoms with E-state index in [9.17, 15) is 9.59 Å². The number of nitrogens with one attached hydrogen (secondary N) is 3. The predicted octanol–water partition coefficient (Wildman–Crippen LogP) is 3.98. The van der Waals surface area contributed by atoms with Gasteiger partial charge in [0.1, 0.15) is 18.2 Å². The molecule has 1 aliphatic heterocycles. The number of hydrogen-bond donors (Lipinski definition) is 3. The first-order valence-corrected chi connectivity index (χ1v) is 9.28. The Morgan fingerprint density at radius 1 is 1.07 bits per heavy atom. The Morgan fingerprint density at radius 3 is 2.63 bits per heavy atom. The van der Waals surface area contributed by atoms with Crippen molar-refractivity contribution in [2.75, 3.05) is 18.5 Å². The third-order valence-electron chi connectivity index (χ3n) is 4.04. The highest BCUT2D eigenvalue weighted by molar-refractivity contribution is 8.18. The Labute approximate surface area is 160 Å². The number of amides is 2. The van der Waals surface area contributed by atoms with Gasteiger partial charge < -0.3 is 15.0 Å². The van der Waals surface area contributed by atoms with Crippen molar-refractivity contribution in [1.82, 2.24) is 10.3 Å². The molecule has 1 aromatic heterocycles. The normalized spacial score (nSPS) is 15.3. The van der Waals surface area contributed by atoms with Gasteiger partial charge in [0, 0.05) is 10.9 Å². The van der Waals surface area contributed by atoms with E-state index in [1.165, 1.54) is 5.39 Å². The van der Waals surface area contributed by atoms with Gasteiger partial charge in [0.15, 0.2) is 0 Å². The topological polar surface area (TPSA) is 83.2 Å². The molecule has 2 aromatic carbocycles. The second-order valence-electron chi connectivity index (χ2n) is 5.97. The van der Waals surface area contributed by atoms with Crippen LogP contribution < -0.4 is 15.4 Å². The van der Waals surface area contributed by atoms with Gasteiger partial charge in [-0.15, -0.1) is 0 Å². The summed E-state index contributed by atoms with van der Waals surface area (Å²) < 4.78 is 5.73. The van der Waals surface area contributed by atoms with Crippen LogP contribution in [-0.4, -0.2) is 29.3 Å². The third kappa shape index (κ3) is 4.15. The second kappa shape index (κ2) is 7.59. The van der Waals surface area contributed by atoms with Gasteiger partial charge in [-0.1, -0.05) is 30.3 Å². The number of carbonyl (C=O) groups excluding carboxylic acids is 2. The zero-order chi connectivity index (χ0) is 18.6. The molecule has 0 atom stereocenters. The van der Waals surface area contributed by atoms with E-state index < -0.39 is 0 Å². The fraction of sp³-hybridized carbons (Fsp3) is 0.100. The van der Waals surface area contributed by atoms with Gasteiger partial charge in [-0.3, -0.25) is 14.9 Å². The summed E-state index contributed by atoms with van der Waals surface area (Å²) in [6.45, 7) is 1.18. The largest absolute Gasteiger partial charge is 0.492 e. The summed E-state index contributed by atoms with van der Waals surface area (Å²) in [5.41, 5.74) is 1.94. The maximum Gasteiger partial charge on any atom is 0.290 e. The fourth-order valence-electron chi connectivity index (χ4n) is 2.76. The Morgan fingerprint density at radius 2 is 1.89 bits per heavy atom. The molecule has 4 rings (SSSR count). The number of benzene rings is 2. The molecule has 2 amide bonds. The number of aromatic amines is 1. The molecule has 2 heterocycles. The summed E-state index contributed by atoms with van der Waals surface area (Å²) in [7, 11) is 0. The summed E-state index contributed by atoms with van der Waals surface area (Å²) in [6.07, 6.45) is 1.69. The van der Waals surface area contributed by atoms with Gasteiger partial charge in [0.05, 0.1) is 11.4 Å². The highest BCUT2D eigenvalue weighted by atomic mass is 32.2. The monoisotopic (exact) mass is 379 g/mol. The average molecular weight is 379 g/mol. The Balaban J connectivity index is 1.28. The van der Waals surface area contributed by atoms with Crippen LogP contribution in [-0.2, 0) is 4.79 Å². The predicted molar refractivity (Wildman–Crippen MR) is 108 cm³/mol. The van der Waals surface area contributed by atoms with E-state index in [1.807, 2.05) is 42.5 Å². The highest BCUT2D eigenvalue weighted by Crippen LogP contribution is 2.26. The van der Waals surface area contributed by atoms with Gasteiger partial charge in [0.25, 0.3) is 11.1 Å². The van der Waals surface area contributed by atoms with Crippen LogP contribution in [0.4, 0.5) is 10.6 Å². The van der Waals surface area contributed by atoms with E-state index in [0.717, 1.165) is 34.4 Å². The number of thioether (sulfide) groups is 1. The van der Waals surface area contributed by atoms with E-state index in [4.69, 9.17) is 4.74 Å². The van der Waals surface area contributed by atoms with Crippen molar-refractivity contribution in [3.63, 3.8) is 0 Å². The molecule has 0 saturated carbocycles. The van der Waals surface area contributed by atoms with Gasteiger partial charge in [-0.2, -0.15) is 0 Å². The minimum atomic E-state index is -0.353. The molecule has 3 aromatic rings. The maximum atomic E-state index is 11.5. The Kier molecular flexibility index (Phi) is 4.84. The highest BCUT2D eigenvalue weighted by Gasteiger charge is 2.24. The van der Waals surface area contributed by atoms with Crippen molar-refractivity contribution in [2.24, 2.45) is 0 Å². The first-order valence-electron chi connectivity index (χ1n) is 8.47. The number of fused-ring (bicyclic) bond motifs is 1. The molecule has 0 bridgehead atoms. The molecular weight excluding hydrogens is 362 g/mol. The average Bonchev–Trinajstić information content (AvgIpc) is 3.22. The van der Waals surface area contributed by atoms with Crippen molar-refractivity contribution >= 4 is 45.7 Å². The van der Waals surface area contributed by atoms with E-state index in [-0.39, 0.29) is 11.1 Å². The van der Waals surface area contributed by atoms with Crippen molar-refractivity contribution < 1.29 is 14.3 Å². The van der Waals surface area contributed by atoms with Gasteiger partial charge in [-0.25, -0.2) is 0 Å². The lowest BCUT2D eigenvalue weighted by molar-refractivity contribution is -0.115. The second-order valence-corrected chi connectivity index (χ2v) is 6.98. The number of carbonyl (C=O) groups is 2. The number of ether oxygens (including phenoxy) is 1. The minimum absolute atomic E-state index is 0.339. The zero-order valence-electron chi connectivity index (χ0n) is 14.3.